The molecule has 4 amide bonds. The van der Waals surface area contributed by atoms with Crippen molar-refractivity contribution in [3.05, 3.63) is 42.1 Å². The van der Waals surface area contributed by atoms with Crippen LogP contribution in [0.1, 0.15) is 39.2 Å². The van der Waals surface area contributed by atoms with Crippen LogP contribution < -0.4 is 32.3 Å². The lowest BCUT2D eigenvalue weighted by Crippen LogP contribution is -2.51. The normalized spacial score (nSPS) is 12.4. The van der Waals surface area contributed by atoms with Gasteiger partial charge in [0.2, 0.25) is 5.91 Å². The Balaban J connectivity index is 2.81. The molecule has 2 unspecified atom stereocenters. The van der Waals surface area contributed by atoms with E-state index in [0.29, 0.717) is 31.6 Å². The largest absolute Gasteiger partial charge is 0.445 e. The van der Waals surface area contributed by atoms with Gasteiger partial charge in [-0.3, -0.25) is 4.79 Å². The fourth-order valence-corrected chi connectivity index (χ4v) is 3.14. The molecule has 0 spiro atoms. The first-order chi connectivity index (χ1) is 15.7. The van der Waals surface area contributed by atoms with Crippen LogP contribution in [0, 0.1) is 5.92 Å². The molecular formula is C23H38N6O4. The van der Waals surface area contributed by atoms with E-state index >= 15 is 0 Å². The minimum Gasteiger partial charge on any atom is -0.445 e. The summed E-state index contributed by atoms with van der Waals surface area (Å²) in [4.78, 5) is 35.0. The van der Waals surface area contributed by atoms with Crippen molar-refractivity contribution in [2.45, 2.75) is 52.3 Å². The number of anilines is 1. The first-order valence-electron chi connectivity index (χ1n) is 11.1. The summed E-state index contributed by atoms with van der Waals surface area (Å²) in [5.41, 5.74) is 7.37. The van der Waals surface area contributed by atoms with Gasteiger partial charge in [0.1, 0.15) is 6.61 Å². The number of rotatable bonds is 14. The van der Waals surface area contributed by atoms with Gasteiger partial charge >= 0.3 is 12.1 Å². The first-order valence-corrected chi connectivity index (χ1v) is 11.1. The zero-order chi connectivity index (χ0) is 24.8. The van der Waals surface area contributed by atoms with Crippen molar-refractivity contribution >= 4 is 23.7 Å². The van der Waals surface area contributed by atoms with E-state index < -0.39 is 12.1 Å². The third-order valence-electron chi connectivity index (χ3n) is 4.91. The lowest BCUT2D eigenvalue weighted by atomic mass is 10.0. The molecule has 0 aromatic heterocycles. The smallest absolute Gasteiger partial charge is 0.407 e. The Morgan fingerprint density at radius 3 is 2.36 bits per heavy atom. The maximum absolute atomic E-state index is 12.9. The number of amides is 4. The van der Waals surface area contributed by atoms with E-state index in [2.05, 4.69) is 33.2 Å². The minimum absolute atomic E-state index is 0.107. The molecule has 1 rings (SSSR count). The number of likely N-dealkylation sites (N-methyl/N-ethyl adjacent to an activating group) is 1. The second kappa shape index (κ2) is 14.7. The lowest BCUT2D eigenvalue weighted by Gasteiger charge is -2.27. The van der Waals surface area contributed by atoms with Gasteiger partial charge in [0, 0.05) is 25.0 Å². The van der Waals surface area contributed by atoms with Crippen LogP contribution in [0.3, 0.4) is 0 Å². The summed E-state index contributed by atoms with van der Waals surface area (Å²) in [6.07, 6.45) is 0.678. The number of benzene rings is 1. The Labute approximate surface area is 196 Å². The summed E-state index contributed by atoms with van der Waals surface area (Å²) >= 11 is 0. The molecule has 10 nitrogen and oxygen atoms in total. The molecule has 0 aliphatic heterocycles. The number of alkyl carbamates (subject to hydrolysis) is 1. The molecule has 0 aliphatic rings. The average Bonchev–Trinajstić information content (AvgIpc) is 2.78. The highest BCUT2D eigenvalue weighted by molar-refractivity contribution is 5.82. The molecule has 0 heterocycles. The van der Waals surface area contributed by atoms with Crippen molar-refractivity contribution in [1.29, 1.82) is 0 Å². The number of hydrogen-bond acceptors (Lipinski definition) is 6. The molecule has 0 saturated heterocycles. The number of hydrogen-bond donors (Lipinski definition) is 6. The van der Waals surface area contributed by atoms with Gasteiger partial charge in [0.05, 0.1) is 12.1 Å². The zero-order valence-corrected chi connectivity index (χ0v) is 20.0. The van der Waals surface area contributed by atoms with E-state index in [-0.39, 0.29) is 30.5 Å². The summed E-state index contributed by atoms with van der Waals surface area (Å²) in [6, 6.07) is 6.09. The van der Waals surface area contributed by atoms with Gasteiger partial charge in [0.15, 0.2) is 0 Å². The highest BCUT2D eigenvalue weighted by Crippen LogP contribution is 2.16. The summed E-state index contributed by atoms with van der Waals surface area (Å²) in [6.45, 7) is 11.3. The average molecular weight is 463 g/mol. The molecule has 10 heteroatoms. The van der Waals surface area contributed by atoms with Crippen molar-refractivity contribution in [3.63, 3.8) is 0 Å². The standard InChI is InChI=1S/C23H38N6O4/c1-6-26-20(15(2)3)21(30)29-19(8-7-13-27-22(24)31)16(4)28-18-11-9-17(10-12-18)14-33-23(32)25-5/h9-12,15,19-20,26,28H,4,6-8,13-14H2,1-3,5H3,(H,25,32)(H,29,30)(H3,24,27,31). The van der Waals surface area contributed by atoms with Crippen molar-refractivity contribution in [2.24, 2.45) is 11.7 Å². The number of carbonyl (C=O) groups is 3. The second-order valence-corrected chi connectivity index (χ2v) is 7.95. The number of urea groups is 1. The van der Waals surface area contributed by atoms with E-state index in [1.54, 1.807) is 0 Å². The Morgan fingerprint density at radius 2 is 1.82 bits per heavy atom. The Hall–Kier alpha value is -3.27. The maximum Gasteiger partial charge on any atom is 0.407 e. The van der Waals surface area contributed by atoms with Crippen LogP contribution in [0.25, 0.3) is 0 Å². The summed E-state index contributed by atoms with van der Waals surface area (Å²) in [5.74, 6) is 0.0114. The summed E-state index contributed by atoms with van der Waals surface area (Å²) < 4.78 is 5.03. The molecule has 0 bridgehead atoms. The molecule has 0 radical (unpaired) electrons. The van der Waals surface area contributed by atoms with Crippen LogP contribution in [0.5, 0.6) is 0 Å². The van der Waals surface area contributed by atoms with E-state index in [1.807, 2.05) is 45.0 Å². The van der Waals surface area contributed by atoms with Crippen molar-refractivity contribution in [3.8, 4) is 0 Å². The molecule has 7 N–H and O–H groups in total. The summed E-state index contributed by atoms with van der Waals surface area (Å²) in [7, 11) is 1.50. The molecule has 33 heavy (non-hydrogen) atoms. The molecule has 0 fully saturated rings. The predicted octanol–water partition coefficient (Wildman–Crippen LogP) is 2.04. The van der Waals surface area contributed by atoms with Crippen LogP contribution in [0.4, 0.5) is 15.3 Å². The Kier molecular flexibility index (Phi) is 12.4. The summed E-state index contributed by atoms with van der Waals surface area (Å²) in [5, 5.41) is 14.5. The van der Waals surface area contributed by atoms with Crippen molar-refractivity contribution < 1.29 is 19.1 Å². The van der Waals surface area contributed by atoms with Gasteiger partial charge < -0.3 is 37.1 Å². The van der Waals surface area contributed by atoms with Gasteiger partial charge in [-0.15, -0.1) is 0 Å². The molecule has 2 atom stereocenters. The number of primary amides is 1. The predicted molar refractivity (Wildman–Crippen MR) is 130 cm³/mol. The third-order valence-corrected chi connectivity index (χ3v) is 4.91. The van der Waals surface area contributed by atoms with Crippen LogP contribution in [-0.4, -0.2) is 50.3 Å². The van der Waals surface area contributed by atoms with Gasteiger partial charge in [-0.05, 0) is 43.0 Å². The van der Waals surface area contributed by atoms with E-state index in [1.165, 1.54) is 7.05 Å². The quantitative estimate of drug-likeness (QED) is 0.233. The highest BCUT2D eigenvalue weighted by atomic mass is 16.5. The Bertz CT molecular complexity index is 782. The van der Waals surface area contributed by atoms with E-state index in [0.717, 1.165) is 11.3 Å². The fraction of sp³-hybridized carbons (Fsp3) is 0.522. The molecule has 0 aliphatic carbocycles. The first kappa shape index (κ1) is 27.8. The number of carbonyl (C=O) groups excluding carboxylic acids is 3. The number of nitrogens with one attached hydrogen (secondary N) is 5. The lowest BCUT2D eigenvalue weighted by molar-refractivity contribution is -0.124. The zero-order valence-electron chi connectivity index (χ0n) is 20.0. The number of ether oxygens (including phenoxy) is 1. The highest BCUT2D eigenvalue weighted by Gasteiger charge is 2.24. The molecule has 1 aromatic rings. The van der Waals surface area contributed by atoms with E-state index in [4.69, 9.17) is 10.5 Å². The Morgan fingerprint density at radius 1 is 1.15 bits per heavy atom. The van der Waals surface area contributed by atoms with Crippen LogP contribution in [-0.2, 0) is 16.1 Å². The topological polar surface area (TPSA) is 147 Å². The fourth-order valence-electron chi connectivity index (χ4n) is 3.14. The van der Waals surface area contributed by atoms with Crippen LogP contribution >= 0.6 is 0 Å². The third kappa shape index (κ3) is 10.7. The van der Waals surface area contributed by atoms with E-state index in [9.17, 15) is 14.4 Å². The SMILES string of the molecule is C=C(Nc1ccc(COC(=O)NC)cc1)C(CCCNC(N)=O)NC(=O)C(NCC)C(C)C. The molecule has 1 aromatic carbocycles. The second-order valence-electron chi connectivity index (χ2n) is 7.95. The van der Waals surface area contributed by atoms with Crippen LogP contribution in [0.15, 0.2) is 36.5 Å². The van der Waals surface area contributed by atoms with Gasteiger partial charge in [-0.25, -0.2) is 9.59 Å². The van der Waals surface area contributed by atoms with Gasteiger partial charge in [-0.1, -0.05) is 39.5 Å². The van der Waals surface area contributed by atoms with Crippen LogP contribution in [0.2, 0.25) is 0 Å². The minimum atomic E-state index is -0.583. The van der Waals surface area contributed by atoms with Crippen molar-refractivity contribution in [2.75, 3.05) is 25.5 Å². The molecule has 0 saturated carbocycles. The molecular weight excluding hydrogens is 424 g/mol. The maximum atomic E-state index is 12.9. The number of nitrogens with two attached hydrogens (primary N) is 1. The molecule has 184 valence electrons. The van der Waals surface area contributed by atoms with Gasteiger partial charge in [0.25, 0.3) is 0 Å². The van der Waals surface area contributed by atoms with Gasteiger partial charge in [-0.2, -0.15) is 0 Å². The monoisotopic (exact) mass is 462 g/mol. The van der Waals surface area contributed by atoms with Crippen molar-refractivity contribution in [1.82, 2.24) is 21.3 Å².